The van der Waals surface area contributed by atoms with E-state index in [1.54, 1.807) is 6.07 Å². The predicted molar refractivity (Wildman–Crippen MR) is 141 cm³/mol. The van der Waals surface area contributed by atoms with E-state index in [1.807, 2.05) is 0 Å². The van der Waals surface area contributed by atoms with E-state index >= 15 is 0 Å². The number of ether oxygens (including phenoxy) is 6. The van der Waals surface area contributed by atoms with Gasteiger partial charge in [0.25, 0.3) is 0 Å². The van der Waals surface area contributed by atoms with Crippen molar-refractivity contribution in [1.82, 2.24) is 0 Å². The molecule has 236 valence electrons. The van der Waals surface area contributed by atoms with Gasteiger partial charge in [-0.1, -0.05) is 6.07 Å². The van der Waals surface area contributed by atoms with E-state index in [0.717, 1.165) is 6.07 Å². The first-order chi connectivity index (χ1) is 20.4. The minimum atomic E-state index is -1.76. The summed E-state index contributed by atoms with van der Waals surface area (Å²) in [7, 11) is 1.39. The van der Waals surface area contributed by atoms with Crippen LogP contribution in [0.15, 0.2) is 30.3 Å². The highest BCUT2D eigenvalue weighted by atomic mass is 16.8. The molecular formula is C28H34O15. The largest absolute Gasteiger partial charge is 0.507 e. The lowest BCUT2D eigenvalue weighted by molar-refractivity contribution is -0.354. The molecule has 0 amide bonds. The summed E-state index contributed by atoms with van der Waals surface area (Å²) in [5.41, 5.74) is 0.352. The van der Waals surface area contributed by atoms with Crippen LogP contribution in [0.2, 0.25) is 0 Å². The van der Waals surface area contributed by atoms with Crippen LogP contribution in [0.5, 0.6) is 28.7 Å². The Morgan fingerprint density at radius 2 is 1.63 bits per heavy atom. The predicted octanol–water partition coefficient (Wildman–Crippen LogP) is -1.16. The first kappa shape index (κ1) is 31.2. The van der Waals surface area contributed by atoms with Crippen molar-refractivity contribution in [1.29, 1.82) is 0 Å². The van der Waals surface area contributed by atoms with Crippen LogP contribution in [0.1, 0.15) is 35.4 Å². The number of aliphatic hydroxyl groups excluding tert-OH is 6. The maximum Gasteiger partial charge on any atom is 0.229 e. The molecule has 11 atom stereocenters. The number of methoxy groups -OCH3 is 1. The van der Waals surface area contributed by atoms with Crippen molar-refractivity contribution in [3.63, 3.8) is 0 Å². The minimum absolute atomic E-state index is 0.0592. The standard InChI is InChI=1S/C28H34O15/c1-10-21(33)23(35)25(37)27(39-10)43-26-24(36)22(34)19(9-29)42-28(26)40-12-6-14(31)20-15(32)8-17(41-18(20)7-12)11-3-4-16(38-2)13(30)5-11/h3-7,10,17,19,21-31,33-37H,8-9H2,1-2H3/t10-,17-,19+,21-,22+,23-,24+,25+,26-,27-,28+/m0/s1. The second-order valence-corrected chi connectivity index (χ2v) is 10.6. The molecule has 15 nitrogen and oxygen atoms in total. The van der Waals surface area contributed by atoms with E-state index in [-0.39, 0.29) is 35.0 Å². The number of aliphatic hydroxyl groups is 6. The van der Waals surface area contributed by atoms with Gasteiger partial charge in [0.2, 0.25) is 6.29 Å². The number of aromatic hydroxyl groups is 2. The zero-order valence-corrected chi connectivity index (χ0v) is 23.1. The maximum atomic E-state index is 13.0. The van der Waals surface area contributed by atoms with Crippen molar-refractivity contribution in [3.05, 3.63) is 41.5 Å². The molecule has 2 aromatic rings. The van der Waals surface area contributed by atoms with E-state index in [0.29, 0.717) is 5.56 Å². The Labute approximate surface area is 245 Å². The Bertz CT molecular complexity index is 1320. The molecule has 2 aromatic carbocycles. The third-order valence-corrected chi connectivity index (χ3v) is 7.72. The second kappa shape index (κ2) is 12.4. The molecule has 0 radical (unpaired) electrons. The fourth-order valence-electron chi connectivity index (χ4n) is 5.29. The molecule has 0 bridgehead atoms. The SMILES string of the molecule is COc1ccc([C@@H]2CC(=O)c3c(O)cc(O[C@@H]4O[C@H](CO)[C@@H](O)[C@@H](O)[C@@H]4O[C@@H]4O[C@@H](C)[C@H](O)[C@H](O)[C@H]4O)cc3O2)cc1O. The van der Waals surface area contributed by atoms with Crippen LogP contribution < -0.4 is 14.2 Å². The summed E-state index contributed by atoms with van der Waals surface area (Å²) < 4.78 is 33.7. The van der Waals surface area contributed by atoms with E-state index in [9.17, 15) is 45.6 Å². The molecule has 43 heavy (non-hydrogen) atoms. The molecule has 5 rings (SSSR count). The number of fused-ring (bicyclic) bond motifs is 1. The monoisotopic (exact) mass is 610 g/mol. The molecule has 0 aromatic heterocycles. The first-order valence-electron chi connectivity index (χ1n) is 13.5. The topological polar surface area (TPSA) is 234 Å². The van der Waals surface area contributed by atoms with Gasteiger partial charge in [0.15, 0.2) is 29.7 Å². The molecule has 0 aliphatic carbocycles. The third kappa shape index (κ3) is 5.95. The van der Waals surface area contributed by atoms with Crippen LogP contribution in [0.25, 0.3) is 0 Å². The number of carbonyl (C=O) groups excluding carboxylic acids is 1. The molecule has 0 spiro atoms. The minimum Gasteiger partial charge on any atom is -0.507 e. The molecule has 2 fully saturated rings. The zero-order valence-electron chi connectivity index (χ0n) is 23.1. The Morgan fingerprint density at radius 1 is 0.884 bits per heavy atom. The van der Waals surface area contributed by atoms with E-state index in [1.165, 1.54) is 32.2 Å². The van der Waals surface area contributed by atoms with E-state index in [4.69, 9.17) is 28.4 Å². The summed E-state index contributed by atoms with van der Waals surface area (Å²) >= 11 is 0. The van der Waals surface area contributed by atoms with Crippen molar-refractivity contribution in [2.75, 3.05) is 13.7 Å². The van der Waals surface area contributed by atoms with Crippen molar-refractivity contribution >= 4 is 5.78 Å². The van der Waals surface area contributed by atoms with Gasteiger partial charge in [0.1, 0.15) is 65.5 Å². The number of benzene rings is 2. The van der Waals surface area contributed by atoms with Gasteiger partial charge in [0, 0.05) is 12.1 Å². The van der Waals surface area contributed by atoms with Crippen LogP contribution in [0.4, 0.5) is 0 Å². The molecule has 2 saturated heterocycles. The maximum absolute atomic E-state index is 13.0. The summed E-state index contributed by atoms with van der Waals surface area (Å²) in [6.45, 7) is 0.699. The lowest BCUT2D eigenvalue weighted by atomic mass is 9.95. The molecule has 0 saturated carbocycles. The summed E-state index contributed by atoms with van der Waals surface area (Å²) in [6.07, 6.45) is -16.3. The molecule has 8 N–H and O–H groups in total. The summed E-state index contributed by atoms with van der Waals surface area (Å²) in [6, 6.07) is 6.89. The molecule has 3 aliphatic rings. The molecule has 0 unspecified atom stereocenters. The molecule has 15 heteroatoms. The van der Waals surface area contributed by atoms with Gasteiger partial charge in [-0.25, -0.2) is 0 Å². The highest BCUT2D eigenvalue weighted by Gasteiger charge is 2.51. The first-order valence-corrected chi connectivity index (χ1v) is 13.5. The Balaban J connectivity index is 1.41. The van der Waals surface area contributed by atoms with Crippen molar-refractivity contribution < 1.29 is 74.1 Å². The van der Waals surface area contributed by atoms with Gasteiger partial charge in [-0.3, -0.25) is 4.79 Å². The third-order valence-electron chi connectivity index (χ3n) is 7.72. The summed E-state index contributed by atoms with van der Waals surface area (Å²) in [5.74, 6) is -1.06. The van der Waals surface area contributed by atoms with Crippen molar-refractivity contribution in [3.8, 4) is 28.7 Å². The summed E-state index contributed by atoms with van der Waals surface area (Å²) in [5, 5.41) is 82.4. The van der Waals surface area contributed by atoms with E-state index in [2.05, 4.69) is 0 Å². The zero-order chi connectivity index (χ0) is 31.2. The fourth-order valence-corrected chi connectivity index (χ4v) is 5.29. The quantitative estimate of drug-likeness (QED) is 0.185. The Morgan fingerprint density at radius 3 is 2.30 bits per heavy atom. The number of phenolic OH excluding ortho intramolecular Hbond substituents is 2. The van der Waals surface area contributed by atoms with Crippen LogP contribution in [0.3, 0.4) is 0 Å². The van der Waals surface area contributed by atoms with E-state index < -0.39 is 85.7 Å². The lowest BCUT2D eigenvalue weighted by Gasteiger charge is -2.45. The van der Waals surface area contributed by atoms with Gasteiger partial charge in [-0.2, -0.15) is 0 Å². The fraction of sp³-hybridized carbons (Fsp3) is 0.536. The molecule has 3 heterocycles. The van der Waals surface area contributed by atoms with Gasteiger partial charge in [-0.15, -0.1) is 0 Å². The molecular weight excluding hydrogens is 576 g/mol. The van der Waals surface area contributed by atoms with Crippen LogP contribution >= 0.6 is 0 Å². The second-order valence-electron chi connectivity index (χ2n) is 10.6. The number of hydrogen-bond acceptors (Lipinski definition) is 15. The number of ketones is 1. The number of hydrogen-bond donors (Lipinski definition) is 8. The highest BCUT2D eigenvalue weighted by Crippen LogP contribution is 2.43. The van der Waals surface area contributed by atoms with Crippen molar-refractivity contribution in [2.45, 2.75) is 80.9 Å². The smallest absolute Gasteiger partial charge is 0.229 e. The van der Waals surface area contributed by atoms with Crippen molar-refractivity contribution in [2.24, 2.45) is 0 Å². The van der Waals surface area contributed by atoms with Crippen LogP contribution in [0, 0.1) is 0 Å². The number of phenols is 2. The normalized spacial score (nSPS) is 36.0. The number of carbonyl (C=O) groups is 1. The average molecular weight is 611 g/mol. The average Bonchev–Trinajstić information content (AvgIpc) is 2.97. The van der Waals surface area contributed by atoms with Crippen LogP contribution in [-0.4, -0.2) is 122 Å². The van der Waals surface area contributed by atoms with Gasteiger partial charge in [-0.05, 0) is 24.6 Å². The molecule has 3 aliphatic heterocycles. The van der Waals surface area contributed by atoms with Gasteiger partial charge in [0.05, 0.1) is 26.2 Å². The highest BCUT2D eigenvalue weighted by molar-refractivity contribution is 6.02. The van der Waals surface area contributed by atoms with Gasteiger partial charge >= 0.3 is 0 Å². The Hall–Kier alpha value is -3.25. The lowest BCUT2D eigenvalue weighted by Crippen LogP contribution is -2.64. The Kier molecular flexibility index (Phi) is 8.99. The number of Topliss-reactive ketones (excluding diaryl/α,β-unsaturated/α-hetero) is 1. The van der Waals surface area contributed by atoms with Gasteiger partial charge < -0.3 is 69.3 Å². The van der Waals surface area contributed by atoms with Crippen LogP contribution in [-0.2, 0) is 14.2 Å². The number of rotatable bonds is 7. The summed E-state index contributed by atoms with van der Waals surface area (Å²) in [4.78, 5) is 13.0.